The molecule has 0 aliphatic heterocycles. The normalized spacial score (nSPS) is 21.0. The highest BCUT2D eigenvalue weighted by Gasteiger charge is 2.36. The van der Waals surface area contributed by atoms with E-state index >= 15 is 0 Å². The first-order valence-corrected chi connectivity index (χ1v) is 4.17. The molecule has 2 rings (SSSR count). The number of aryl methyl sites for hydroxylation is 1. The summed E-state index contributed by atoms with van der Waals surface area (Å²) >= 11 is 0. The number of fused-ring (bicyclic) bond motifs is 1. The zero-order valence-corrected chi connectivity index (χ0v) is 7.17. The summed E-state index contributed by atoms with van der Waals surface area (Å²) in [5.74, 6) is -1.10. The Morgan fingerprint density at radius 3 is 2.79 bits per heavy atom. The molecule has 1 aromatic rings. The summed E-state index contributed by atoms with van der Waals surface area (Å²) in [6.07, 6.45) is -1.96. The number of aromatic nitrogens is 2. The summed E-state index contributed by atoms with van der Waals surface area (Å²) in [7, 11) is 0. The summed E-state index contributed by atoms with van der Waals surface area (Å²) in [5.41, 5.74) is 6.67. The zero-order chi connectivity index (χ0) is 10.3. The lowest BCUT2D eigenvalue weighted by atomic mass is 10.2. The van der Waals surface area contributed by atoms with Crippen LogP contribution < -0.4 is 5.73 Å². The largest absolute Gasteiger partial charge is 0.451 e. The van der Waals surface area contributed by atoms with Gasteiger partial charge in [0.2, 0.25) is 5.82 Å². The lowest BCUT2D eigenvalue weighted by Gasteiger charge is -2.08. The van der Waals surface area contributed by atoms with E-state index in [4.69, 9.17) is 5.73 Å². The van der Waals surface area contributed by atoms with Crippen LogP contribution in [0, 0.1) is 0 Å². The highest BCUT2D eigenvalue weighted by atomic mass is 19.4. The maximum absolute atomic E-state index is 12.2. The van der Waals surface area contributed by atoms with E-state index in [0.29, 0.717) is 18.5 Å². The topological polar surface area (TPSA) is 51.8 Å². The third-order valence-electron chi connectivity index (χ3n) is 2.23. The van der Waals surface area contributed by atoms with E-state index in [1.165, 1.54) is 6.20 Å². The van der Waals surface area contributed by atoms with Gasteiger partial charge in [0.1, 0.15) is 0 Å². The van der Waals surface area contributed by atoms with E-state index < -0.39 is 12.0 Å². The van der Waals surface area contributed by atoms with Crippen molar-refractivity contribution in [3.63, 3.8) is 0 Å². The van der Waals surface area contributed by atoms with Crippen molar-refractivity contribution in [1.29, 1.82) is 0 Å². The van der Waals surface area contributed by atoms with Crippen molar-refractivity contribution in [3.8, 4) is 0 Å². The number of nitrogens with zero attached hydrogens (tertiary/aromatic N) is 2. The highest BCUT2D eigenvalue weighted by molar-refractivity contribution is 5.26. The number of alkyl halides is 3. The fourth-order valence-corrected chi connectivity index (χ4v) is 1.52. The van der Waals surface area contributed by atoms with Crippen LogP contribution in [0.5, 0.6) is 0 Å². The van der Waals surface area contributed by atoms with Crippen LogP contribution in [0.15, 0.2) is 6.20 Å². The maximum Gasteiger partial charge on any atom is 0.451 e. The molecule has 0 saturated heterocycles. The van der Waals surface area contributed by atoms with E-state index in [1.54, 1.807) is 0 Å². The van der Waals surface area contributed by atoms with Gasteiger partial charge in [0.05, 0.1) is 5.69 Å². The minimum atomic E-state index is -4.49. The molecule has 76 valence electrons. The minimum Gasteiger partial charge on any atom is -0.323 e. The summed E-state index contributed by atoms with van der Waals surface area (Å²) < 4.78 is 36.7. The minimum absolute atomic E-state index is 0.340. The van der Waals surface area contributed by atoms with Gasteiger partial charge < -0.3 is 5.73 Å². The van der Waals surface area contributed by atoms with Gasteiger partial charge in [-0.15, -0.1) is 0 Å². The molecule has 0 bridgehead atoms. The van der Waals surface area contributed by atoms with E-state index in [-0.39, 0.29) is 6.04 Å². The Morgan fingerprint density at radius 2 is 2.14 bits per heavy atom. The molecule has 0 amide bonds. The Kier molecular flexibility index (Phi) is 1.95. The lowest BCUT2D eigenvalue weighted by Crippen LogP contribution is -2.15. The van der Waals surface area contributed by atoms with Gasteiger partial charge in [-0.05, 0) is 18.4 Å². The molecule has 1 heterocycles. The predicted molar refractivity (Wildman–Crippen MR) is 42.3 cm³/mol. The first kappa shape index (κ1) is 9.39. The Bertz CT molecular complexity index is 361. The Hall–Kier alpha value is -1.17. The van der Waals surface area contributed by atoms with Crippen molar-refractivity contribution in [3.05, 3.63) is 23.3 Å². The molecule has 2 N–H and O–H groups in total. The first-order chi connectivity index (χ1) is 6.48. The lowest BCUT2D eigenvalue weighted by molar-refractivity contribution is -0.145. The fourth-order valence-electron chi connectivity index (χ4n) is 1.52. The molecule has 1 atom stereocenters. The van der Waals surface area contributed by atoms with Crippen LogP contribution in [-0.2, 0) is 12.6 Å². The van der Waals surface area contributed by atoms with E-state index in [2.05, 4.69) is 9.97 Å². The van der Waals surface area contributed by atoms with Crippen LogP contribution in [-0.4, -0.2) is 9.97 Å². The average Bonchev–Trinajstić information content (AvgIpc) is 2.46. The quantitative estimate of drug-likeness (QED) is 0.694. The average molecular weight is 203 g/mol. The van der Waals surface area contributed by atoms with Gasteiger partial charge in [-0.3, -0.25) is 0 Å². The number of hydrogen-bond donors (Lipinski definition) is 1. The van der Waals surface area contributed by atoms with E-state index in [1.807, 2.05) is 0 Å². The van der Waals surface area contributed by atoms with Gasteiger partial charge >= 0.3 is 6.18 Å². The molecule has 1 aliphatic carbocycles. The van der Waals surface area contributed by atoms with Crippen molar-refractivity contribution in [2.75, 3.05) is 0 Å². The molecule has 1 aliphatic rings. The summed E-state index contributed by atoms with van der Waals surface area (Å²) in [6, 6.07) is -0.380. The molecule has 0 saturated carbocycles. The third kappa shape index (κ3) is 1.45. The number of halogens is 3. The molecule has 14 heavy (non-hydrogen) atoms. The molecular weight excluding hydrogens is 195 g/mol. The monoisotopic (exact) mass is 203 g/mol. The Balaban J connectivity index is 2.45. The van der Waals surface area contributed by atoms with Crippen LogP contribution in [0.1, 0.15) is 29.5 Å². The fraction of sp³-hybridized carbons (Fsp3) is 0.500. The second-order valence-electron chi connectivity index (χ2n) is 3.25. The number of hydrogen-bond acceptors (Lipinski definition) is 3. The highest BCUT2D eigenvalue weighted by Crippen LogP contribution is 2.31. The van der Waals surface area contributed by atoms with E-state index in [0.717, 1.165) is 5.56 Å². The molecule has 1 aromatic heterocycles. The number of rotatable bonds is 0. The van der Waals surface area contributed by atoms with Gasteiger partial charge in [-0.2, -0.15) is 13.2 Å². The standard InChI is InChI=1S/C8H8F3N3/c9-8(10,11)7-13-3-4-1-2-5(12)6(4)14-7/h3,5H,1-2,12H2. The Morgan fingerprint density at radius 1 is 1.43 bits per heavy atom. The predicted octanol–water partition coefficient (Wildman–Crippen LogP) is 1.44. The molecule has 0 spiro atoms. The maximum atomic E-state index is 12.2. The molecule has 0 fully saturated rings. The molecule has 6 heteroatoms. The Labute approximate surface area is 78.2 Å². The molecular formula is C8H8F3N3. The van der Waals surface area contributed by atoms with Gasteiger partial charge in [0, 0.05) is 12.2 Å². The van der Waals surface area contributed by atoms with Gasteiger partial charge in [-0.1, -0.05) is 0 Å². The summed E-state index contributed by atoms with van der Waals surface area (Å²) in [4.78, 5) is 6.71. The molecule has 1 unspecified atom stereocenters. The summed E-state index contributed by atoms with van der Waals surface area (Å²) in [5, 5.41) is 0. The van der Waals surface area contributed by atoms with Crippen LogP contribution in [0.4, 0.5) is 13.2 Å². The first-order valence-electron chi connectivity index (χ1n) is 4.17. The van der Waals surface area contributed by atoms with Crippen LogP contribution in [0.25, 0.3) is 0 Å². The van der Waals surface area contributed by atoms with Gasteiger partial charge in [-0.25, -0.2) is 9.97 Å². The smallest absolute Gasteiger partial charge is 0.323 e. The van der Waals surface area contributed by atoms with Crippen LogP contribution in [0.2, 0.25) is 0 Å². The molecule has 0 aromatic carbocycles. The van der Waals surface area contributed by atoms with Gasteiger partial charge in [0.15, 0.2) is 0 Å². The molecule has 3 nitrogen and oxygen atoms in total. The SMILES string of the molecule is NC1CCc2cnc(C(F)(F)F)nc21. The second kappa shape index (κ2) is 2.91. The van der Waals surface area contributed by atoms with E-state index in [9.17, 15) is 13.2 Å². The third-order valence-corrected chi connectivity index (χ3v) is 2.23. The van der Waals surface area contributed by atoms with Crippen LogP contribution >= 0.6 is 0 Å². The van der Waals surface area contributed by atoms with Crippen molar-refractivity contribution >= 4 is 0 Å². The zero-order valence-electron chi connectivity index (χ0n) is 7.17. The number of nitrogens with two attached hydrogens (primary N) is 1. The van der Waals surface area contributed by atoms with Crippen molar-refractivity contribution in [1.82, 2.24) is 9.97 Å². The van der Waals surface area contributed by atoms with Crippen molar-refractivity contribution in [2.45, 2.75) is 25.1 Å². The van der Waals surface area contributed by atoms with Crippen molar-refractivity contribution in [2.24, 2.45) is 5.73 Å². The van der Waals surface area contributed by atoms with Gasteiger partial charge in [0.25, 0.3) is 0 Å². The summed E-state index contributed by atoms with van der Waals surface area (Å²) in [6.45, 7) is 0. The van der Waals surface area contributed by atoms with Crippen molar-refractivity contribution < 1.29 is 13.2 Å². The molecule has 0 radical (unpaired) electrons. The van der Waals surface area contributed by atoms with Crippen LogP contribution in [0.3, 0.4) is 0 Å². The second-order valence-corrected chi connectivity index (χ2v) is 3.25.